The van der Waals surface area contributed by atoms with Crippen LogP contribution in [-0.4, -0.2) is 22.5 Å². The molecular formula is C10H18Cl2O. The topological polar surface area (TPSA) is 20.2 Å². The number of hydrogen-bond acceptors (Lipinski definition) is 1. The van der Waals surface area contributed by atoms with Crippen molar-refractivity contribution in [1.29, 1.82) is 0 Å². The highest BCUT2D eigenvalue weighted by molar-refractivity contribution is 6.23. The van der Waals surface area contributed by atoms with Crippen LogP contribution in [0.15, 0.2) is 12.7 Å². The molecule has 78 valence electrons. The molecule has 0 saturated carbocycles. The molecule has 0 aliphatic rings. The Hall–Kier alpha value is 0.280. The molecule has 0 aliphatic carbocycles. The minimum Gasteiger partial charge on any atom is -0.390 e. The maximum Gasteiger partial charge on any atom is 0.0838 e. The van der Waals surface area contributed by atoms with Gasteiger partial charge in [-0.25, -0.2) is 0 Å². The van der Waals surface area contributed by atoms with E-state index in [2.05, 4.69) is 13.5 Å². The summed E-state index contributed by atoms with van der Waals surface area (Å²) in [5, 5.41) is 9.09. The molecule has 3 atom stereocenters. The molecule has 0 amide bonds. The molecule has 1 nitrogen and oxygen atoms in total. The van der Waals surface area contributed by atoms with E-state index in [1.165, 1.54) is 0 Å². The monoisotopic (exact) mass is 224 g/mol. The van der Waals surface area contributed by atoms with Crippen molar-refractivity contribution in [3.8, 4) is 0 Å². The largest absolute Gasteiger partial charge is 0.390 e. The Morgan fingerprint density at radius 3 is 2.62 bits per heavy atom. The molecule has 0 spiro atoms. The molecule has 1 N–H and O–H groups in total. The Morgan fingerprint density at radius 2 is 2.15 bits per heavy atom. The summed E-state index contributed by atoms with van der Waals surface area (Å²) in [6, 6.07) is 0. The molecular weight excluding hydrogens is 207 g/mol. The molecule has 0 heterocycles. The highest BCUT2D eigenvalue weighted by Crippen LogP contribution is 2.19. The summed E-state index contributed by atoms with van der Waals surface area (Å²) >= 11 is 11.4. The predicted molar refractivity (Wildman–Crippen MR) is 59.6 cm³/mol. The van der Waals surface area contributed by atoms with Gasteiger partial charge in [-0.05, 0) is 25.2 Å². The fraction of sp³-hybridized carbons (Fsp3) is 0.800. The number of aliphatic hydroxyl groups excluding tert-OH is 1. The predicted octanol–water partition coefficient (Wildman–Crippen LogP) is 3.19. The molecule has 3 heteroatoms. The van der Waals surface area contributed by atoms with Gasteiger partial charge in [0.05, 0.1) is 11.5 Å². The smallest absolute Gasteiger partial charge is 0.0838 e. The van der Waals surface area contributed by atoms with E-state index in [1.54, 1.807) is 0 Å². The van der Waals surface area contributed by atoms with Crippen LogP contribution in [-0.2, 0) is 0 Å². The average Bonchev–Trinajstić information content (AvgIpc) is 2.13. The molecule has 0 radical (unpaired) electrons. The highest BCUT2D eigenvalue weighted by atomic mass is 35.5. The Labute approximate surface area is 90.7 Å². The Morgan fingerprint density at radius 1 is 1.54 bits per heavy atom. The second kappa shape index (κ2) is 7.66. The molecule has 0 unspecified atom stereocenters. The molecule has 0 aliphatic heterocycles. The third-order valence-corrected chi connectivity index (χ3v) is 2.85. The first-order valence-corrected chi connectivity index (χ1v) is 5.57. The maximum absolute atomic E-state index is 9.32. The number of aliphatic hydroxyl groups is 1. The molecule has 0 saturated heterocycles. The fourth-order valence-corrected chi connectivity index (χ4v) is 1.86. The van der Waals surface area contributed by atoms with Gasteiger partial charge in [-0.15, -0.1) is 29.8 Å². The van der Waals surface area contributed by atoms with Crippen molar-refractivity contribution in [1.82, 2.24) is 0 Å². The van der Waals surface area contributed by atoms with Crippen LogP contribution in [0.2, 0.25) is 0 Å². The number of halogens is 2. The number of rotatable bonds is 7. The molecule has 0 fully saturated rings. The first-order chi connectivity index (χ1) is 6.11. The van der Waals surface area contributed by atoms with E-state index in [0.717, 1.165) is 19.3 Å². The van der Waals surface area contributed by atoms with Gasteiger partial charge in [0.1, 0.15) is 0 Å². The zero-order valence-corrected chi connectivity index (χ0v) is 9.56. The van der Waals surface area contributed by atoms with Crippen molar-refractivity contribution in [2.75, 3.05) is 5.88 Å². The normalized spacial score (nSPS) is 17.8. The van der Waals surface area contributed by atoms with Crippen molar-refractivity contribution in [3.05, 3.63) is 12.7 Å². The lowest BCUT2D eigenvalue weighted by Gasteiger charge is -2.18. The highest BCUT2D eigenvalue weighted by Gasteiger charge is 2.17. The number of alkyl halides is 2. The van der Waals surface area contributed by atoms with Gasteiger partial charge in [0.2, 0.25) is 0 Å². The second-order valence-corrected chi connectivity index (χ2v) is 4.31. The van der Waals surface area contributed by atoms with E-state index in [1.807, 2.05) is 6.08 Å². The summed E-state index contributed by atoms with van der Waals surface area (Å²) in [6.45, 7) is 5.78. The van der Waals surface area contributed by atoms with Crippen molar-refractivity contribution in [2.24, 2.45) is 5.92 Å². The number of hydrogen-bond donors (Lipinski definition) is 1. The van der Waals surface area contributed by atoms with Crippen molar-refractivity contribution < 1.29 is 5.11 Å². The lowest BCUT2D eigenvalue weighted by molar-refractivity contribution is 0.181. The second-order valence-electron chi connectivity index (χ2n) is 3.44. The summed E-state index contributed by atoms with van der Waals surface area (Å²) in [5.74, 6) is 0.723. The lowest BCUT2D eigenvalue weighted by Crippen LogP contribution is -2.24. The third-order valence-electron chi connectivity index (χ3n) is 2.07. The summed E-state index contributed by atoms with van der Waals surface area (Å²) in [6.07, 6.45) is 4.19. The Balaban J connectivity index is 3.63. The SMILES string of the molecule is C=CCC[C@@H](C)C[C@H](Cl)[C@@H](O)CCl. The summed E-state index contributed by atoms with van der Waals surface area (Å²) in [4.78, 5) is 0. The van der Waals surface area contributed by atoms with Crippen LogP contribution in [0.25, 0.3) is 0 Å². The molecule has 0 bridgehead atoms. The van der Waals surface area contributed by atoms with E-state index < -0.39 is 6.10 Å². The summed E-state index contributed by atoms with van der Waals surface area (Å²) in [7, 11) is 0. The van der Waals surface area contributed by atoms with Gasteiger partial charge < -0.3 is 5.11 Å². The van der Waals surface area contributed by atoms with Crippen molar-refractivity contribution >= 4 is 23.2 Å². The zero-order chi connectivity index (χ0) is 10.3. The van der Waals surface area contributed by atoms with Gasteiger partial charge >= 0.3 is 0 Å². The van der Waals surface area contributed by atoms with E-state index in [-0.39, 0.29) is 11.3 Å². The van der Waals surface area contributed by atoms with E-state index >= 15 is 0 Å². The van der Waals surface area contributed by atoms with Crippen LogP contribution in [0.5, 0.6) is 0 Å². The molecule has 0 aromatic rings. The fourth-order valence-electron chi connectivity index (χ4n) is 1.16. The van der Waals surface area contributed by atoms with Crippen molar-refractivity contribution in [2.45, 2.75) is 37.7 Å². The van der Waals surface area contributed by atoms with Gasteiger partial charge in [0.25, 0.3) is 0 Å². The number of allylic oxidation sites excluding steroid dienone is 1. The first kappa shape index (κ1) is 13.3. The lowest BCUT2D eigenvalue weighted by atomic mass is 9.98. The van der Waals surface area contributed by atoms with E-state index in [0.29, 0.717) is 5.92 Å². The Bertz CT molecular complexity index is 139. The van der Waals surface area contributed by atoms with E-state index in [4.69, 9.17) is 23.2 Å². The van der Waals surface area contributed by atoms with Crippen molar-refractivity contribution in [3.63, 3.8) is 0 Å². The minimum atomic E-state index is -0.588. The van der Waals surface area contributed by atoms with Gasteiger partial charge in [-0.1, -0.05) is 13.0 Å². The minimum absolute atomic E-state index is 0.211. The van der Waals surface area contributed by atoms with Crippen LogP contribution in [0.1, 0.15) is 26.2 Å². The Kier molecular flexibility index (Phi) is 7.83. The third kappa shape index (κ3) is 6.36. The van der Waals surface area contributed by atoms with Gasteiger partial charge in [-0.3, -0.25) is 0 Å². The quantitative estimate of drug-likeness (QED) is 0.521. The molecule has 0 aromatic carbocycles. The van der Waals surface area contributed by atoms with E-state index in [9.17, 15) is 5.11 Å². The van der Waals surface area contributed by atoms with Gasteiger partial charge in [-0.2, -0.15) is 0 Å². The van der Waals surface area contributed by atoms with Crippen LogP contribution in [0.4, 0.5) is 0 Å². The first-order valence-electron chi connectivity index (χ1n) is 4.60. The maximum atomic E-state index is 9.32. The zero-order valence-electron chi connectivity index (χ0n) is 8.05. The standard InChI is InChI=1S/C10H18Cl2O/c1-3-4-5-8(2)6-9(12)10(13)7-11/h3,8-10,13H,1,4-7H2,2H3/t8-,9+,10+/m1/s1. The van der Waals surface area contributed by atoms with Crippen LogP contribution >= 0.6 is 23.2 Å². The van der Waals surface area contributed by atoms with Gasteiger partial charge in [0.15, 0.2) is 0 Å². The average molecular weight is 225 g/mol. The van der Waals surface area contributed by atoms with Gasteiger partial charge in [0, 0.05) is 5.88 Å². The summed E-state index contributed by atoms with van der Waals surface area (Å²) < 4.78 is 0. The molecule has 13 heavy (non-hydrogen) atoms. The van der Waals surface area contributed by atoms with Crippen LogP contribution in [0, 0.1) is 5.92 Å². The van der Waals surface area contributed by atoms with Crippen LogP contribution in [0.3, 0.4) is 0 Å². The summed E-state index contributed by atoms with van der Waals surface area (Å²) in [5.41, 5.74) is 0. The molecule has 0 rings (SSSR count). The van der Waals surface area contributed by atoms with Crippen LogP contribution < -0.4 is 0 Å². The molecule has 0 aromatic heterocycles.